The van der Waals surface area contributed by atoms with Crippen molar-refractivity contribution in [2.45, 2.75) is 45.3 Å². The van der Waals surface area contributed by atoms with Gasteiger partial charge in [-0.2, -0.15) is 10.2 Å². The van der Waals surface area contributed by atoms with Crippen LogP contribution in [-0.4, -0.2) is 40.3 Å². The zero-order valence-corrected chi connectivity index (χ0v) is 10.8. The van der Waals surface area contributed by atoms with E-state index in [2.05, 4.69) is 34.3 Å². The summed E-state index contributed by atoms with van der Waals surface area (Å²) in [6.07, 6.45) is 4.18. The van der Waals surface area contributed by atoms with Gasteiger partial charge in [-0.15, -0.1) is 0 Å². The first-order valence-electron chi connectivity index (χ1n) is 6.49. The van der Waals surface area contributed by atoms with Gasteiger partial charge >= 0.3 is 0 Å². The molecule has 1 fully saturated rings. The number of nitrogens with zero attached hydrogens (tertiary/aromatic N) is 3. The van der Waals surface area contributed by atoms with Crippen molar-refractivity contribution in [1.82, 2.24) is 20.4 Å². The van der Waals surface area contributed by atoms with Crippen molar-refractivity contribution in [3.63, 3.8) is 0 Å². The Morgan fingerprint density at radius 1 is 1.41 bits per heavy atom. The van der Waals surface area contributed by atoms with Gasteiger partial charge in [-0.3, -0.25) is 0 Å². The molecule has 0 aromatic carbocycles. The second-order valence-electron chi connectivity index (χ2n) is 5.00. The van der Waals surface area contributed by atoms with Gasteiger partial charge in [0, 0.05) is 24.8 Å². The highest BCUT2D eigenvalue weighted by Gasteiger charge is 2.20. The molecule has 1 aromatic heterocycles. The van der Waals surface area contributed by atoms with Crippen LogP contribution in [0.3, 0.4) is 0 Å². The highest BCUT2D eigenvalue weighted by atomic mass is 15.2. The Kier molecular flexibility index (Phi) is 4.45. The van der Waals surface area contributed by atoms with Crippen molar-refractivity contribution < 1.29 is 0 Å². The maximum Gasteiger partial charge on any atom is 0.0769 e. The molecule has 0 spiro atoms. The summed E-state index contributed by atoms with van der Waals surface area (Å²) >= 11 is 0. The normalized spacial score (nSPS) is 18.8. The van der Waals surface area contributed by atoms with E-state index < -0.39 is 0 Å². The van der Waals surface area contributed by atoms with Crippen LogP contribution in [-0.2, 0) is 6.54 Å². The predicted molar refractivity (Wildman–Crippen MR) is 68.6 cm³/mol. The Bertz CT molecular complexity index is 317. The van der Waals surface area contributed by atoms with Gasteiger partial charge in [-0.1, -0.05) is 0 Å². The molecule has 2 heterocycles. The van der Waals surface area contributed by atoms with Gasteiger partial charge in [0.15, 0.2) is 0 Å². The van der Waals surface area contributed by atoms with E-state index in [1.165, 1.54) is 25.9 Å². The molecule has 0 bridgehead atoms. The average molecular weight is 234 g/mol. The van der Waals surface area contributed by atoms with Gasteiger partial charge < -0.3 is 10.2 Å². The summed E-state index contributed by atoms with van der Waals surface area (Å²) in [4.78, 5) is 2.54. The van der Waals surface area contributed by atoms with E-state index in [4.69, 9.17) is 0 Å². The number of hydrogen-bond donors (Lipinski definition) is 1. The van der Waals surface area contributed by atoms with Gasteiger partial charge in [0.05, 0.1) is 5.69 Å². The van der Waals surface area contributed by atoms with Crippen LogP contribution in [0.25, 0.3) is 0 Å². The smallest absolute Gasteiger partial charge is 0.0769 e. The largest absolute Gasteiger partial charge is 0.308 e. The number of rotatable bonds is 4. The first kappa shape index (κ1) is 12.5. The summed E-state index contributed by atoms with van der Waals surface area (Å²) in [7, 11) is 0. The highest BCUT2D eigenvalue weighted by molar-refractivity contribution is 4.98. The van der Waals surface area contributed by atoms with E-state index >= 15 is 0 Å². The molecule has 1 N–H and O–H groups in total. The van der Waals surface area contributed by atoms with Gasteiger partial charge in [-0.25, -0.2) is 0 Å². The summed E-state index contributed by atoms with van der Waals surface area (Å²) in [5.74, 6) is 0. The summed E-state index contributed by atoms with van der Waals surface area (Å²) in [5.41, 5.74) is 1.03. The van der Waals surface area contributed by atoms with Crippen LogP contribution in [0.2, 0.25) is 0 Å². The second-order valence-corrected chi connectivity index (χ2v) is 5.00. The van der Waals surface area contributed by atoms with Crippen molar-refractivity contribution in [3.8, 4) is 0 Å². The van der Waals surface area contributed by atoms with E-state index in [1.54, 1.807) is 6.20 Å². The fourth-order valence-corrected chi connectivity index (χ4v) is 2.30. The minimum atomic E-state index is 0.631. The maximum atomic E-state index is 4.08. The van der Waals surface area contributed by atoms with E-state index in [1.807, 2.05) is 12.1 Å². The molecule has 1 aliphatic heterocycles. The lowest BCUT2D eigenvalue weighted by Gasteiger charge is -2.34. The van der Waals surface area contributed by atoms with Gasteiger partial charge in [-0.05, 0) is 51.9 Å². The van der Waals surface area contributed by atoms with Crippen molar-refractivity contribution in [2.24, 2.45) is 0 Å². The molecule has 4 nitrogen and oxygen atoms in total. The molecule has 1 aromatic rings. The SMILES string of the molecule is CC(C)N1CCC(NCc2cccnn2)CC1. The van der Waals surface area contributed by atoms with Gasteiger partial charge in [0.1, 0.15) is 0 Å². The summed E-state index contributed by atoms with van der Waals surface area (Å²) in [6.45, 7) is 7.78. The van der Waals surface area contributed by atoms with Crippen LogP contribution >= 0.6 is 0 Å². The van der Waals surface area contributed by atoms with Crippen LogP contribution in [0.5, 0.6) is 0 Å². The Hall–Kier alpha value is -1.00. The van der Waals surface area contributed by atoms with Crippen LogP contribution in [0.1, 0.15) is 32.4 Å². The first-order valence-corrected chi connectivity index (χ1v) is 6.49. The van der Waals surface area contributed by atoms with E-state index in [0.29, 0.717) is 12.1 Å². The highest BCUT2D eigenvalue weighted by Crippen LogP contribution is 2.13. The lowest BCUT2D eigenvalue weighted by Crippen LogP contribution is -2.44. The molecule has 1 saturated heterocycles. The fourth-order valence-electron chi connectivity index (χ4n) is 2.30. The topological polar surface area (TPSA) is 41.0 Å². The Labute approximate surface area is 103 Å². The molecule has 4 heteroatoms. The molecule has 0 saturated carbocycles. The number of aromatic nitrogens is 2. The van der Waals surface area contributed by atoms with Crippen molar-refractivity contribution in [1.29, 1.82) is 0 Å². The predicted octanol–water partition coefficient (Wildman–Crippen LogP) is 1.44. The number of nitrogens with one attached hydrogen (secondary N) is 1. The number of piperidine rings is 1. The number of hydrogen-bond acceptors (Lipinski definition) is 4. The third-order valence-electron chi connectivity index (χ3n) is 3.46. The summed E-state index contributed by atoms with van der Waals surface area (Å²) < 4.78 is 0. The van der Waals surface area contributed by atoms with Crippen molar-refractivity contribution in [3.05, 3.63) is 24.0 Å². The second kappa shape index (κ2) is 6.07. The summed E-state index contributed by atoms with van der Waals surface area (Å²) in [6, 6.07) is 5.26. The van der Waals surface area contributed by atoms with Gasteiger partial charge in [0.2, 0.25) is 0 Å². The molecule has 2 rings (SSSR count). The molecular weight excluding hydrogens is 212 g/mol. The molecule has 94 valence electrons. The minimum Gasteiger partial charge on any atom is -0.308 e. The third-order valence-corrected chi connectivity index (χ3v) is 3.46. The van der Waals surface area contributed by atoms with E-state index in [9.17, 15) is 0 Å². The molecule has 0 atom stereocenters. The van der Waals surface area contributed by atoms with E-state index in [0.717, 1.165) is 12.2 Å². The molecule has 0 aliphatic carbocycles. The fraction of sp³-hybridized carbons (Fsp3) is 0.692. The molecular formula is C13H22N4. The van der Waals surface area contributed by atoms with Crippen LogP contribution < -0.4 is 5.32 Å². The maximum absolute atomic E-state index is 4.08. The van der Waals surface area contributed by atoms with Crippen LogP contribution in [0, 0.1) is 0 Å². The molecule has 0 radical (unpaired) electrons. The zero-order valence-electron chi connectivity index (χ0n) is 10.8. The van der Waals surface area contributed by atoms with Crippen LogP contribution in [0.15, 0.2) is 18.3 Å². The Morgan fingerprint density at radius 3 is 2.76 bits per heavy atom. The standard InChI is InChI=1S/C13H22N4/c1-11(2)17-8-5-12(6-9-17)14-10-13-4-3-7-15-16-13/h3-4,7,11-12,14H,5-6,8-10H2,1-2H3. The number of likely N-dealkylation sites (tertiary alicyclic amines) is 1. The molecule has 0 amide bonds. The van der Waals surface area contributed by atoms with Crippen LogP contribution in [0.4, 0.5) is 0 Å². The first-order chi connectivity index (χ1) is 8.25. The van der Waals surface area contributed by atoms with Gasteiger partial charge in [0.25, 0.3) is 0 Å². The minimum absolute atomic E-state index is 0.631. The Morgan fingerprint density at radius 2 is 2.18 bits per heavy atom. The summed E-state index contributed by atoms with van der Waals surface area (Å²) in [5, 5.41) is 11.5. The van der Waals surface area contributed by atoms with Crippen molar-refractivity contribution in [2.75, 3.05) is 13.1 Å². The quantitative estimate of drug-likeness (QED) is 0.856. The monoisotopic (exact) mass is 234 g/mol. The lowest BCUT2D eigenvalue weighted by molar-refractivity contribution is 0.160. The third kappa shape index (κ3) is 3.75. The lowest BCUT2D eigenvalue weighted by atomic mass is 10.0. The molecule has 17 heavy (non-hydrogen) atoms. The Balaban J connectivity index is 1.72. The zero-order chi connectivity index (χ0) is 12.1. The molecule has 0 unspecified atom stereocenters. The average Bonchev–Trinajstić information content (AvgIpc) is 2.38. The van der Waals surface area contributed by atoms with Crippen molar-refractivity contribution >= 4 is 0 Å². The molecule has 1 aliphatic rings. The van der Waals surface area contributed by atoms with E-state index in [-0.39, 0.29) is 0 Å².